The van der Waals surface area contributed by atoms with Crippen molar-refractivity contribution in [3.05, 3.63) is 33.5 Å². The number of rotatable bonds is 2. The molecule has 0 radical (unpaired) electrons. The van der Waals surface area contributed by atoms with Crippen LogP contribution >= 0.6 is 0 Å². The molecule has 0 bridgehead atoms. The van der Waals surface area contributed by atoms with Gasteiger partial charge in [0, 0.05) is 19.0 Å². The van der Waals surface area contributed by atoms with Crippen LogP contribution in [0.5, 0.6) is 0 Å². The summed E-state index contributed by atoms with van der Waals surface area (Å²) in [4.78, 5) is 9.88. The molecule has 0 heterocycles. The molecular weight excluding hydrogens is 144 g/mol. The summed E-state index contributed by atoms with van der Waals surface area (Å²) < 4.78 is 0. The van der Waals surface area contributed by atoms with Gasteiger partial charge < -0.3 is 5.73 Å². The maximum atomic E-state index is 10.2. The van der Waals surface area contributed by atoms with Crippen molar-refractivity contribution in [3.8, 4) is 0 Å². The zero-order valence-corrected chi connectivity index (χ0v) is 6.12. The molecule has 1 aliphatic rings. The van der Waals surface area contributed by atoms with Gasteiger partial charge in [0.2, 0.25) is 5.70 Å². The van der Waals surface area contributed by atoms with E-state index >= 15 is 0 Å². The lowest BCUT2D eigenvalue weighted by Crippen LogP contribution is -2.08. The van der Waals surface area contributed by atoms with Crippen LogP contribution in [0, 0.1) is 10.1 Å². The Balaban J connectivity index is 2.69. The van der Waals surface area contributed by atoms with E-state index in [0.717, 1.165) is 12.0 Å². The Bertz CT molecular complexity index is 231. The standard InChI is InChI=1S/C7H10N2O2/c8-5-6-1-3-7(4-2-6)9(10)11/h1,3H,2,4-5,8H2. The van der Waals surface area contributed by atoms with Gasteiger partial charge in [0.1, 0.15) is 0 Å². The van der Waals surface area contributed by atoms with Crippen LogP contribution in [0.15, 0.2) is 23.4 Å². The molecule has 0 fully saturated rings. The third-order valence-electron chi connectivity index (χ3n) is 1.71. The molecular formula is C7H10N2O2. The number of nitrogens with two attached hydrogens (primary N) is 1. The van der Waals surface area contributed by atoms with Crippen LogP contribution in [-0.4, -0.2) is 11.5 Å². The van der Waals surface area contributed by atoms with Crippen LogP contribution in [0.1, 0.15) is 12.8 Å². The fraction of sp³-hybridized carbons (Fsp3) is 0.429. The van der Waals surface area contributed by atoms with E-state index in [-0.39, 0.29) is 10.6 Å². The van der Waals surface area contributed by atoms with Gasteiger partial charge >= 0.3 is 0 Å². The van der Waals surface area contributed by atoms with Crippen LogP contribution in [0.3, 0.4) is 0 Å². The number of hydrogen-bond donors (Lipinski definition) is 1. The van der Waals surface area contributed by atoms with E-state index in [1.165, 1.54) is 6.08 Å². The topological polar surface area (TPSA) is 69.2 Å². The van der Waals surface area contributed by atoms with Gasteiger partial charge in [-0.3, -0.25) is 10.1 Å². The van der Waals surface area contributed by atoms with Gasteiger partial charge in [-0.05, 0) is 6.42 Å². The van der Waals surface area contributed by atoms with Crippen molar-refractivity contribution in [3.63, 3.8) is 0 Å². The first kappa shape index (κ1) is 7.94. The van der Waals surface area contributed by atoms with Crippen LogP contribution in [0.2, 0.25) is 0 Å². The summed E-state index contributed by atoms with van der Waals surface area (Å²) in [6.07, 6.45) is 4.51. The predicted octanol–water partition coefficient (Wildman–Crippen LogP) is 0.826. The molecule has 0 amide bonds. The Morgan fingerprint density at radius 3 is 2.64 bits per heavy atom. The second-order valence-electron chi connectivity index (χ2n) is 2.44. The molecule has 2 N–H and O–H groups in total. The predicted molar refractivity (Wildman–Crippen MR) is 41.4 cm³/mol. The SMILES string of the molecule is NCC1=CC=C([N+](=O)[O-])CC1. The average Bonchev–Trinajstić information content (AvgIpc) is 2.05. The van der Waals surface area contributed by atoms with Gasteiger partial charge in [0.05, 0.1) is 4.92 Å². The molecule has 0 aliphatic heterocycles. The van der Waals surface area contributed by atoms with Gasteiger partial charge in [0.15, 0.2) is 0 Å². The van der Waals surface area contributed by atoms with Gasteiger partial charge in [0.25, 0.3) is 0 Å². The van der Waals surface area contributed by atoms with Gasteiger partial charge in [-0.25, -0.2) is 0 Å². The van der Waals surface area contributed by atoms with E-state index in [9.17, 15) is 10.1 Å². The quantitative estimate of drug-likeness (QED) is 0.473. The zero-order valence-electron chi connectivity index (χ0n) is 6.12. The average molecular weight is 154 g/mol. The summed E-state index contributed by atoms with van der Waals surface area (Å²) in [7, 11) is 0. The molecule has 0 aromatic carbocycles. The molecule has 4 heteroatoms. The second kappa shape index (κ2) is 3.30. The molecule has 11 heavy (non-hydrogen) atoms. The van der Waals surface area contributed by atoms with Crippen LogP contribution in [0.4, 0.5) is 0 Å². The highest BCUT2D eigenvalue weighted by Gasteiger charge is 2.13. The molecule has 1 rings (SSSR count). The Hall–Kier alpha value is -1.16. The maximum Gasteiger partial charge on any atom is 0.246 e. The summed E-state index contributed by atoms with van der Waals surface area (Å²) >= 11 is 0. The lowest BCUT2D eigenvalue weighted by molar-refractivity contribution is -0.428. The van der Waals surface area contributed by atoms with Crippen molar-refractivity contribution in [2.45, 2.75) is 12.8 Å². The second-order valence-corrected chi connectivity index (χ2v) is 2.44. The lowest BCUT2D eigenvalue weighted by atomic mass is 10.0. The van der Waals surface area contributed by atoms with Crippen molar-refractivity contribution < 1.29 is 4.92 Å². The molecule has 0 aromatic heterocycles. The van der Waals surface area contributed by atoms with Crippen LogP contribution in [0.25, 0.3) is 0 Å². The fourth-order valence-corrected chi connectivity index (χ4v) is 0.992. The summed E-state index contributed by atoms with van der Waals surface area (Å²) in [5, 5.41) is 10.2. The molecule has 0 spiro atoms. The Labute approximate surface area is 64.5 Å². The van der Waals surface area contributed by atoms with E-state index in [1.54, 1.807) is 6.08 Å². The Kier molecular flexibility index (Phi) is 2.38. The smallest absolute Gasteiger partial charge is 0.246 e. The maximum absolute atomic E-state index is 10.2. The summed E-state index contributed by atoms with van der Waals surface area (Å²) in [5.41, 5.74) is 6.72. The number of allylic oxidation sites excluding steroid dienone is 3. The van der Waals surface area contributed by atoms with E-state index in [0.29, 0.717) is 13.0 Å². The Morgan fingerprint density at radius 1 is 1.55 bits per heavy atom. The van der Waals surface area contributed by atoms with Crippen LogP contribution < -0.4 is 5.73 Å². The highest BCUT2D eigenvalue weighted by atomic mass is 16.6. The number of nitro groups is 1. The molecule has 0 unspecified atom stereocenters. The highest BCUT2D eigenvalue weighted by Crippen LogP contribution is 2.17. The van der Waals surface area contributed by atoms with E-state index in [2.05, 4.69) is 0 Å². The fourth-order valence-electron chi connectivity index (χ4n) is 0.992. The molecule has 1 aliphatic carbocycles. The monoisotopic (exact) mass is 154 g/mol. The van der Waals surface area contributed by atoms with Crippen molar-refractivity contribution in [2.24, 2.45) is 5.73 Å². The molecule has 0 atom stereocenters. The third-order valence-corrected chi connectivity index (χ3v) is 1.71. The van der Waals surface area contributed by atoms with Crippen molar-refractivity contribution >= 4 is 0 Å². The van der Waals surface area contributed by atoms with E-state index < -0.39 is 0 Å². The van der Waals surface area contributed by atoms with Crippen molar-refractivity contribution in [2.75, 3.05) is 6.54 Å². The molecule has 0 saturated carbocycles. The van der Waals surface area contributed by atoms with Gasteiger partial charge in [-0.2, -0.15) is 0 Å². The van der Waals surface area contributed by atoms with E-state index in [4.69, 9.17) is 5.73 Å². The first-order valence-corrected chi connectivity index (χ1v) is 3.47. The third kappa shape index (κ3) is 1.88. The summed E-state index contributed by atoms with van der Waals surface area (Å²) in [6, 6.07) is 0. The minimum atomic E-state index is -0.343. The molecule has 4 nitrogen and oxygen atoms in total. The minimum Gasteiger partial charge on any atom is -0.327 e. The lowest BCUT2D eigenvalue weighted by Gasteiger charge is -2.06. The normalized spacial score (nSPS) is 17.2. The van der Waals surface area contributed by atoms with Gasteiger partial charge in [-0.1, -0.05) is 11.6 Å². The van der Waals surface area contributed by atoms with Crippen molar-refractivity contribution in [1.82, 2.24) is 0 Å². The molecule has 0 aromatic rings. The molecule has 0 saturated heterocycles. The zero-order chi connectivity index (χ0) is 8.27. The summed E-state index contributed by atoms with van der Waals surface area (Å²) in [5.74, 6) is 0. The summed E-state index contributed by atoms with van der Waals surface area (Å²) in [6.45, 7) is 0.501. The van der Waals surface area contributed by atoms with Crippen LogP contribution in [-0.2, 0) is 0 Å². The number of hydrogen-bond acceptors (Lipinski definition) is 3. The Morgan fingerprint density at radius 2 is 2.27 bits per heavy atom. The molecule has 60 valence electrons. The first-order chi connectivity index (χ1) is 5.24. The van der Waals surface area contributed by atoms with Crippen molar-refractivity contribution in [1.29, 1.82) is 0 Å². The highest BCUT2D eigenvalue weighted by molar-refractivity contribution is 5.21. The first-order valence-electron chi connectivity index (χ1n) is 3.47. The number of nitrogens with zero attached hydrogens (tertiary/aromatic N) is 1. The van der Waals surface area contributed by atoms with E-state index in [1.807, 2.05) is 0 Å². The minimum absolute atomic E-state index is 0.280. The van der Waals surface area contributed by atoms with Gasteiger partial charge in [-0.15, -0.1) is 0 Å². The largest absolute Gasteiger partial charge is 0.327 e.